The van der Waals surface area contributed by atoms with E-state index in [1.807, 2.05) is 18.7 Å². The van der Waals surface area contributed by atoms with Gasteiger partial charge in [-0.25, -0.2) is 0 Å². The first-order chi connectivity index (χ1) is 17.8. The molecule has 1 aliphatic heterocycles. The van der Waals surface area contributed by atoms with E-state index in [2.05, 4.69) is 15.5 Å². The SMILES string of the molecule is CCN(CC)CCNC(=O)c1cc(NC(=O)c2cc(C(F)(F)F)cc(C(F)(F)F)c2)ccc1N1CCCC1. The van der Waals surface area contributed by atoms with Crippen LogP contribution in [0.2, 0.25) is 0 Å². The topological polar surface area (TPSA) is 64.7 Å². The molecular formula is C26H30F6N4O2. The lowest BCUT2D eigenvalue weighted by Crippen LogP contribution is -2.35. The highest BCUT2D eigenvalue weighted by Gasteiger charge is 2.37. The predicted molar refractivity (Wildman–Crippen MR) is 132 cm³/mol. The second kappa shape index (κ2) is 12.1. The summed E-state index contributed by atoms with van der Waals surface area (Å²) in [5, 5.41) is 5.19. The molecule has 3 rings (SSSR count). The Labute approximate surface area is 217 Å². The van der Waals surface area contributed by atoms with Crippen molar-refractivity contribution in [2.24, 2.45) is 0 Å². The van der Waals surface area contributed by atoms with Gasteiger partial charge in [-0.15, -0.1) is 0 Å². The molecule has 0 unspecified atom stereocenters. The summed E-state index contributed by atoms with van der Waals surface area (Å²) in [6.07, 6.45) is -8.27. The monoisotopic (exact) mass is 544 g/mol. The van der Waals surface area contributed by atoms with Gasteiger partial charge in [0.05, 0.1) is 16.7 Å². The minimum Gasteiger partial charge on any atom is -0.371 e. The predicted octanol–water partition coefficient (Wildman–Crippen LogP) is 5.65. The summed E-state index contributed by atoms with van der Waals surface area (Å²) in [4.78, 5) is 30.0. The summed E-state index contributed by atoms with van der Waals surface area (Å²) >= 11 is 0. The number of amides is 2. The Morgan fingerprint density at radius 1 is 0.868 bits per heavy atom. The summed E-state index contributed by atoms with van der Waals surface area (Å²) in [5.74, 6) is -1.56. The van der Waals surface area contributed by atoms with Crippen molar-refractivity contribution in [2.75, 3.05) is 49.5 Å². The van der Waals surface area contributed by atoms with Gasteiger partial charge in [-0.3, -0.25) is 9.59 Å². The fraction of sp³-hybridized carbons (Fsp3) is 0.462. The van der Waals surface area contributed by atoms with Gasteiger partial charge in [-0.05, 0) is 62.3 Å². The van der Waals surface area contributed by atoms with E-state index in [1.165, 1.54) is 12.1 Å². The highest BCUT2D eigenvalue weighted by atomic mass is 19.4. The molecule has 0 atom stereocenters. The largest absolute Gasteiger partial charge is 0.416 e. The van der Waals surface area contributed by atoms with E-state index in [4.69, 9.17) is 0 Å². The van der Waals surface area contributed by atoms with E-state index < -0.39 is 40.9 Å². The molecule has 0 spiro atoms. The first-order valence-electron chi connectivity index (χ1n) is 12.3. The second-order valence-electron chi connectivity index (χ2n) is 8.96. The molecule has 1 fully saturated rings. The van der Waals surface area contributed by atoms with Gasteiger partial charge in [-0.1, -0.05) is 13.8 Å². The molecule has 12 heteroatoms. The quantitative estimate of drug-likeness (QED) is 0.401. The lowest BCUT2D eigenvalue weighted by atomic mass is 10.0. The van der Waals surface area contributed by atoms with Crippen LogP contribution in [0.15, 0.2) is 36.4 Å². The van der Waals surface area contributed by atoms with E-state index in [9.17, 15) is 35.9 Å². The zero-order chi connectivity index (χ0) is 28.1. The van der Waals surface area contributed by atoms with Crippen LogP contribution >= 0.6 is 0 Å². The molecule has 38 heavy (non-hydrogen) atoms. The molecule has 2 N–H and O–H groups in total. The van der Waals surface area contributed by atoms with Crippen LogP contribution in [0.25, 0.3) is 0 Å². The lowest BCUT2D eigenvalue weighted by molar-refractivity contribution is -0.143. The standard InChI is InChI=1S/C26H30F6N4O2/c1-3-35(4-2)12-9-33-24(38)21-16-20(7-8-22(21)36-10-5-6-11-36)34-23(37)17-13-18(25(27,28)29)15-19(14-17)26(30,31)32/h7-8,13-16H,3-6,9-12H2,1-2H3,(H,33,38)(H,34,37). The summed E-state index contributed by atoms with van der Waals surface area (Å²) in [7, 11) is 0. The molecule has 2 aromatic rings. The van der Waals surface area contributed by atoms with E-state index in [0.717, 1.165) is 39.0 Å². The molecule has 0 bridgehead atoms. The average molecular weight is 545 g/mol. The molecule has 2 amide bonds. The van der Waals surface area contributed by atoms with Crippen LogP contribution in [-0.4, -0.2) is 56.0 Å². The van der Waals surface area contributed by atoms with Crippen LogP contribution in [0, 0.1) is 0 Å². The molecule has 1 saturated heterocycles. The van der Waals surface area contributed by atoms with Crippen molar-refractivity contribution in [3.8, 4) is 0 Å². The number of anilines is 2. The minimum absolute atomic E-state index is 0.0394. The van der Waals surface area contributed by atoms with Crippen LogP contribution < -0.4 is 15.5 Å². The van der Waals surface area contributed by atoms with E-state index >= 15 is 0 Å². The summed E-state index contributed by atoms with van der Waals surface area (Å²) < 4.78 is 79.2. The normalized spacial score (nSPS) is 14.2. The zero-order valence-electron chi connectivity index (χ0n) is 21.1. The van der Waals surface area contributed by atoms with Crippen molar-refractivity contribution in [1.29, 1.82) is 0 Å². The van der Waals surface area contributed by atoms with Crippen molar-refractivity contribution in [2.45, 2.75) is 39.0 Å². The van der Waals surface area contributed by atoms with Gasteiger partial charge >= 0.3 is 12.4 Å². The number of benzene rings is 2. The minimum atomic E-state index is -5.08. The maximum Gasteiger partial charge on any atom is 0.416 e. The number of likely N-dealkylation sites (N-methyl/N-ethyl adjacent to an activating group) is 1. The summed E-state index contributed by atoms with van der Waals surface area (Å²) in [6, 6.07) is 5.16. The number of alkyl halides is 6. The fourth-order valence-corrected chi connectivity index (χ4v) is 4.28. The molecule has 1 aliphatic rings. The average Bonchev–Trinajstić information content (AvgIpc) is 3.40. The van der Waals surface area contributed by atoms with Crippen LogP contribution in [0.1, 0.15) is 58.5 Å². The number of hydrogen-bond donors (Lipinski definition) is 2. The van der Waals surface area contributed by atoms with Gasteiger partial charge in [0.2, 0.25) is 0 Å². The lowest BCUT2D eigenvalue weighted by Gasteiger charge is -2.23. The van der Waals surface area contributed by atoms with Gasteiger partial charge in [0, 0.05) is 43.1 Å². The Bertz CT molecular complexity index is 1110. The van der Waals surface area contributed by atoms with E-state index in [-0.39, 0.29) is 17.3 Å². The van der Waals surface area contributed by atoms with Crippen molar-refractivity contribution in [1.82, 2.24) is 10.2 Å². The maximum atomic E-state index is 13.2. The van der Waals surface area contributed by atoms with Gasteiger partial charge < -0.3 is 20.4 Å². The van der Waals surface area contributed by atoms with Crippen molar-refractivity contribution < 1.29 is 35.9 Å². The number of nitrogens with zero attached hydrogens (tertiary/aromatic N) is 2. The van der Waals surface area contributed by atoms with Crippen LogP contribution in [0.4, 0.5) is 37.7 Å². The van der Waals surface area contributed by atoms with Crippen molar-refractivity contribution in [3.63, 3.8) is 0 Å². The molecular weight excluding hydrogens is 514 g/mol. The molecule has 1 heterocycles. The Hall–Kier alpha value is -3.28. The van der Waals surface area contributed by atoms with Crippen LogP contribution in [-0.2, 0) is 12.4 Å². The Morgan fingerprint density at radius 2 is 1.45 bits per heavy atom. The van der Waals surface area contributed by atoms with Crippen LogP contribution in [0.3, 0.4) is 0 Å². The van der Waals surface area contributed by atoms with Crippen molar-refractivity contribution in [3.05, 3.63) is 58.7 Å². The van der Waals surface area contributed by atoms with Gasteiger partial charge in [0.15, 0.2) is 0 Å². The highest BCUT2D eigenvalue weighted by Crippen LogP contribution is 2.36. The zero-order valence-corrected chi connectivity index (χ0v) is 21.1. The molecule has 208 valence electrons. The van der Waals surface area contributed by atoms with E-state index in [0.29, 0.717) is 30.9 Å². The van der Waals surface area contributed by atoms with Gasteiger partial charge in [0.1, 0.15) is 0 Å². The smallest absolute Gasteiger partial charge is 0.371 e. The molecule has 2 aromatic carbocycles. The number of hydrogen-bond acceptors (Lipinski definition) is 4. The molecule has 0 aliphatic carbocycles. The number of carbonyl (C=O) groups excluding carboxylic acids is 2. The Morgan fingerprint density at radius 3 is 1.97 bits per heavy atom. The number of nitrogens with one attached hydrogen (secondary N) is 2. The number of halogens is 6. The first-order valence-corrected chi connectivity index (χ1v) is 12.3. The fourth-order valence-electron chi connectivity index (χ4n) is 4.28. The Kier molecular flexibility index (Phi) is 9.29. The number of carbonyl (C=O) groups is 2. The van der Waals surface area contributed by atoms with Crippen LogP contribution in [0.5, 0.6) is 0 Å². The maximum absolute atomic E-state index is 13.2. The number of rotatable bonds is 9. The third-order valence-corrected chi connectivity index (χ3v) is 6.40. The van der Waals surface area contributed by atoms with E-state index in [1.54, 1.807) is 6.07 Å². The summed E-state index contributed by atoms with van der Waals surface area (Å²) in [6.45, 7) is 8.12. The Balaban J connectivity index is 1.88. The van der Waals surface area contributed by atoms with Crippen molar-refractivity contribution >= 4 is 23.2 Å². The third-order valence-electron chi connectivity index (χ3n) is 6.40. The highest BCUT2D eigenvalue weighted by molar-refractivity contribution is 6.06. The van der Waals surface area contributed by atoms with Gasteiger partial charge in [-0.2, -0.15) is 26.3 Å². The molecule has 0 radical (unpaired) electrons. The van der Waals surface area contributed by atoms with Gasteiger partial charge in [0.25, 0.3) is 11.8 Å². The first kappa shape index (κ1) is 29.3. The molecule has 0 saturated carbocycles. The second-order valence-corrected chi connectivity index (χ2v) is 8.96. The third kappa shape index (κ3) is 7.40. The summed E-state index contributed by atoms with van der Waals surface area (Å²) in [5.41, 5.74) is -3.02. The molecule has 0 aromatic heterocycles. The molecule has 6 nitrogen and oxygen atoms in total.